The van der Waals surface area contributed by atoms with Gasteiger partial charge in [0.05, 0.1) is 11.2 Å². The lowest BCUT2D eigenvalue weighted by Crippen LogP contribution is -2.45. The van der Waals surface area contributed by atoms with Gasteiger partial charge >= 0.3 is 0 Å². The van der Waals surface area contributed by atoms with Gasteiger partial charge in [-0.25, -0.2) is 0 Å². The molecule has 0 spiro atoms. The van der Waals surface area contributed by atoms with Crippen molar-refractivity contribution in [2.45, 2.75) is 207 Å². The van der Waals surface area contributed by atoms with Crippen molar-refractivity contribution in [2.24, 2.45) is 0 Å². The van der Waals surface area contributed by atoms with Crippen LogP contribution in [0.15, 0.2) is 0 Å². The zero-order valence-electron chi connectivity index (χ0n) is 24.4. The van der Waals surface area contributed by atoms with Crippen molar-refractivity contribution in [3.05, 3.63) is 0 Å². The molecular weight excluding hydrogens is 400 g/mol. The molecule has 0 radical (unpaired) electrons. The molecule has 33 heavy (non-hydrogen) atoms. The summed E-state index contributed by atoms with van der Waals surface area (Å²) in [5.74, 6) is 0. The first-order valence-corrected chi connectivity index (χ1v) is 15.8. The quantitative estimate of drug-likeness (QED) is 0.115. The molecule has 0 aromatic rings. The first-order valence-electron chi connectivity index (χ1n) is 15.8. The Balaban J connectivity index is 5.68. The Morgan fingerprint density at radius 1 is 0.303 bits per heavy atom. The van der Waals surface area contributed by atoms with Gasteiger partial charge in [0.25, 0.3) is 0 Å². The normalized spacial score (nSPS) is 12.5. The average Bonchev–Trinajstić information content (AvgIpc) is 2.83. The largest absolute Gasteiger partial charge is 0.369 e. The minimum Gasteiger partial charge on any atom is -0.369 e. The van der Waals surface area contributed by atoms with E-state index in [1.807, 2.05) is 0 Å². The molecule has 0 heterocycles. The second kappa shape index (κ2) is 22.4. The lowest BCUT2D eigenvalue weighted by molar-refractivity contribution is -0.182. The van der Waals surface area contributed by atoms with Crippen molar-refractivity contribution in [1.29, 1.82) is 0 Å². The van der Waals surface area contributed by atoms with Crippen molar-refractivity contribution >= 4 is 0 Å². The average molecular weight is 467 g/mol. The molecule has 0 aliphatic carbocycles. The maximum Gasteiger partial charge on any atom is 0.0690 e. The molecular formula is C32H66O. The zero-order chi connectivity index (χ0) is 24.7. The number of ether oxygens (including phenoxy) is 1. The minimum absolute atomic E-state index is 0.128. The molecule has 0 aromatic heterocycles. The number of unbranched alkanes of at least 4 members (excludes halogenated alkanes) is 12. The van der Waals surface area contributed by atoms with Crippen LogP contribution in [0.5, 0.6) is 0 Å². The second-order valence-electron chi connectivity index (χ2n) is 11.2. The van der Waals surface area contributed by atoms with Crippen LogP contribution in [0, 0.1) is 0 Å². The van der Waals surface area contributed by atoms with Crippen LogP contribution in [0.1, 0.15) is 196 Å². The highest BCUT2D eigenvalue weighted by atomic mass is 16.5. The summed E-state index contributed by atoms with van der Waals surface area (Å²) < 4.78 is 7.65. The van der Waals surface area contributed by atoms with E-state index in [1.165, 1.54) is 154 Å². The standard InChI is InChI=1S/C32H66O/c1-7-13-19-21-23-29-31(25-15-9-3,26-16-10-4)33-32(27-17-11-5,28-18-12-6)30-24-22-20-14-8-2/h7-30H2,1-6H3. The molecule has 0 atom stereocenters. The van der Waals surface area contributed by atoms with E-state index >= 15 is 0 Å². The Morgan fingerprint density at radius 3 is 0.818 bits per heavy atom. The molecule has 0 fully saturated rings. The van der Waals surface area contributed by atoms with E-state index < -0.39 is 0 Å². The van der Waals surface area contributed by atoms with E-state index in [2.05, 4.69) is 41.5 Å². The third-order valence-electron chi connectivity index (χ3n) is 7.85. The lowest BCUT2D eigenvalue weighted by Gasteiger charge is -2.46. The van der Waals surface area contributed by atoms with E-state index in [-0.39, 0.29) is 11.2 Å². The predicted octanol–water partition coefficient (Wildman–Crippen LogP) is 12.0. The number of hydrogen-bond donors (Lipinski definition) is 0. The summed E-state index contributed by atoms with van der Waals surface area (Å²) in [7, 11) is 0. The monoisotopic (exact) mass is 467 g/mol. The summed E-state index contributed by atoms with van der Waals surface area (Å²) >= 11 is 0. The Hall–Kier alpha value is -0.0400. The number of rotatable bonds is 26. The van der Waals surface area contributed by atoms with Gasteiger partial charge in [-0.2, -0.15) is 0 Å². The SMILES string of the molecule is CCCCCCCC(CCCC)(CCCC)OC(CCCC)(CCCC)CCCCCCC. The summed E-state index contributed by atoms with van der Waals surface area (Å²) in [6.07, 6.45) is 32.0. The summed E-state index contributed by atoms with van der Waals surface area (Å²) in [5, 5.41) is 0. The third-order valence-corrected chi connectivity index (χ3v) is 7.85. The maximum atomic E-state index is 7.65. The van der Waals surface area contributed by atoms with Crippen molar-refractivity contribution in [2.75, 3.05) is 0 Å². The van der Waals surface area contributed by atoms with Gasteiger partial charge in [0.2, 0.25) is 0 Å². The van der Waals surface area contributed by atoms with Crippen molar-refractivity contribution < 1.29 is 4.74 Å². The van der Waals surface area contributed by atoms with Gasteiger partial charge in [0.15, 0.2) is 0 Å². The zero-order valence-corrected chi connectivity index (χ0v) is 24.4. The van der Waals surface area contributed by atoms with E-state index in [1.54, 1.807) is 0 Å². The first kappa shape index (κ1) is 33.0. The van der Waals surface area contributed by atoms with E-state index in [0.29, 0.717) is 0 Å². The van der Waals surface area contributed by atoms with Gasteiger partial charge in [0, 0.05) is 0 Å². The first-order chi connectivity index (χ1) is 16.1. The summed E-state index contributed by atoms with van der Waals surface area (Å²) in [5.41, 5.74) is 0.256. The Bertz CT molecular complexity index is 336. The van der Waals surface area contributed by atoms with Crippen molar-refractivity contribution in [3.63, 3.8) is 0 Å². The fraction of sp³-hybridized carbons (Fsp3) is 1.00. The van der Waals surface area contributed by atoms with Crippen LogP contribution in [-0.4, -0.2) is 11.2 Å². The topological polar surface area (TPSA) is 9.23 Å². The van der Waals surface area contributed by atoms with Gasteiger partial charge in [-0.05, 0) is 38.5 Å². The molecule has 1 heteroatoms. The summed E-state index contributed by atoms with van der Waals surface area (Å²) in [6.45, 7) is 14.1. The molecule has 0 N–H and O–H groups in total. The van der Waals surface area contributed by atoms with Gasteiger partial charge in [-0.15, -0.1) is 0 Å². The highest BCUT2D eigenvalue weighted by Crippen LogP contribution is 2.42. The summed E-state index contributed by atoms with van der Waals surface area (Å²) in [6, 6.07) is 0. The van der Waals surface area contributed by atoms with Crippen LogP contribution < -0.4 is 0 Å². The van der Waals surface area contributed by atoms with E-state index in [4.69, 9.17) is 4.74 Å². The van der Waals surface area contributed by atoms with Crippen molar-refractivity contribution in [1.82, 2.24) is 0 Å². The molecule has 0 unspecified atom stereocenters. The smallest absolute Gasteiger partial charge is 0.0690 e. The van der Waals surface area contributed by atoms with Crippen LogP contribution in [0.25, 0.3) is 0 Å². The van der Waals surface area contributed by atoms with E-state index in [9.17, 15) is 0 Å². The Morgan fingerprint density at radius 2 is 0.545 bits per heavy atom. The molecule has 0 aliphatic rings. The number of hydrogen-bond acceptors (Lipinski definition) is 1. The molecule has 200 valence electrons. The molecule has 0 rings (SSSR count). The van der Waals surface area contributed by atoms with Crippen LogP contribution in [0.2, 0.25) is 0 Å². The van der Waals surface area contributed by atoms with Crippen LogP contribution >= 0.6 is 0 Å². The fourth-order valence-corrected chi connectivity index (χ4v) is 5.61. The lowest BCUT2D eigenvalue weighted by atomic mass is 9.80. The second-order valence-corrected chi connectivity index (χ2v) is 11.2. The van der Waals surface area contributed by atoms with Crippen LogP contribution in [-0.2, 0) is 4.74 Å². The fourth-order valence-electron chi connectivity index (χ4n) is 5.61. The molecule has 0 bridgehead atoms. The van der Waals surface area contributed by atoms with Gasteiger partial charge in [-0.1, -0.05) is 157 Å². The molecule has 1 nitrogen and oxygen atoms in total. The van der Waals surface area contributed by atoms with Crippen LogP contribution in [0.4, 0.5) is 0 Å². The molecule has 0 aromatic carbocycles. The van der Waals surface area contributed by atoms with Gasteiger partial charge < -0.3 is 4.74 Å². The maximum absolute atomic E-state index is 7.65. The van der Waals surface area contributed by atoms with E-state index in [0.717, 1.165) is 0 Å². The Labute approximate surface area is 211 Å². The molecule has 0 saturated heterocycles. The third kappa shape index (κ3) is 16.3. The highest BCUT2D eigenvalue weighted by molar-refractivity contribution is 4.90. The highest BCUT2D eigenvalue weighted by Gasteiger charge is 2.40. The molecule has 0 amide bonds. The van der Waals surface area contributed by atoms with Crippen molar-refractivity contribution in [3.8, 4) is 0 Å². The molecule has 0 aliphatic heterocycles. The van der Waals surface area contributed by atoms with Gasteiger partial charge in [-0.3, -0.25) is 0 Å². The molecule has 0 saturated carbocycles. The Kier molecular flexibility index (Phi) is 22.4. The van der Waals surface area contributed by atoms with Gasteiger partial charge in [0.1, 0.15) is 0 Å². The minimum atomic E-state index is 0.128. The van der Waals surface area contributed by atoms with Crippen LogP contribution in [0.3, 0.4) is 0 Å². The predicted molar refractivity (Wildman–Crippen MR) is 151 cm³/mol. The summed E-state index contributed by atoms with van der Waals surface area (Å²) in [4.78, 5) is 0.